The quantitative estimate of drug-likeness (QED) is 0.366. The molecule has 2 aromatic heterocycles. The van der Waals surface area contributed by atoms with E-state index in [4.69, 9.17) is 16.6 Å². The summed E-state index contributed by atoms with van der Waals surface area (Å²) in [7, 11) is 1.77. The highest BCUT2D eigenvalue weighted by atomic mass is 35.5. The summed E-state index contributed by atoms with van der Waals surface area (Å²) in [5, 5.41) is 0.756. The first kappa shape index (κ1) is 28.4. The Balaban J connectivity index is 2.01. The summed E-state index contributed by atoms with van der Waals surface area (Å²) in [6.07, 6.45) is 12.3. The molecule has 0 N–H and O–H groups in total. The topological polar surface area (TPSA) is 51.0 Å². The van der Waals surface area contributed by atoms with Crippen molar-refractivity contribution in [3.63, 3.8) is 0 Å². The lowest BCUT2D eigenvalue weighted by molar-refractivity contribution is 0.324. The molecule has 37 heavy (non-hydrogen) atoms. The lowest BCUT2D eigenvalue weighted by Crippen LogP contribution is -2.31. The van der Waals surface area contributed by atoms with E-state index in [0.717, 1.165) is 64.6 Å². The maximum absolute atomic E-state index is 12.3. The maximum Gasteiger partial charge on any atom is 0.253 e. The number of allylic oxidation sites excluding steroid dienone is 8. The Morgan fingerprint density at radius 3 is 2.51 bits per heavy atom. The molecule has 0 saturated heterocycles. The lowest BCUT2D eigenvalue weighted by atomic mass is 9.95. The first-order valence-electron chi connectivity index (χ1n) is 12.9. The molecule has 0 aliphatic carbocycles. The van der Waals surface area contributed by atoms with Gasteiger partial charge in [0, 0.05) is 66.5 Å². The molecule has 2 aromatic rings. The maximum atomic E-state index is 12.3. The SMILES string of the molecule is CC/C=C(/C(C)=C\c1nc(C)cc(=O)n1C)N1CCc2ncc(/C(C=C(C)C)=C(C)/C=C(\C)Cl)cc2C1. The van der Waals surface area contributed by atoms with Gasteiger partial charge in [0.25, 0.3) is 5.56 Å². The summed E-state index contributed by atoms with van der Waals surface area (Å²) in [5.74, 6) is 0.667. The van der Waals surface area contributed by atoms with Crippen LogP contribution in [-0.4, -0.2) is 26.0 Å². The number of nitrogens with zero attached hydrogens (tertiary/aromatic N) is 4. The molecule has 0 saturated carbocycles. The minimum Gasteiger partial charge on any atom is -0.367 e. The molecule has 6 heteroatoms. The zero-order valence-electron chi connectivity index (χ0n) is 23.4. The fourth-order valence-corrected chi connectivity index (χ4v) is 4.84. The molecule has 0 aromatic carbocycles. The van der Waals surface area contributed by atoms with E-state index < -0.39 is 0 Å². The molecule has 196 valence electrons. The van der Waals surface area contributed by atoms with Crippen molar-refractivity contribution >= 4 is 23.3 Å². The fraction of sp³-hybridized carbons (Fsp3) is 0.387. The average molecular weight is 519 g/mol. The van der Waals surface area contributed by atoms with Gasteiger partial charge in [-0.3, -0.25) is 14.3 Å². The van der Waals surface area contributed by atoms with Crippen molar-refractivity contribution in [2.24, 2.45) is 7.05 Å². The van der Waals surface area contributed by atoms with Crippen LogP contribution in [0.25, 0.3) is 11.6 Å². The van der Waals surface area contributed by atoms with Gasteiger partial charge in [-0.25, -0.2) is 4.98 Å². The van der Waals surface area contributed by atoms with E-state index in [1.54, 1.807) is 17.7 Å². The number of fused-ring (bicyclic) bond motifs is 1. The highest BCUT2D eigenvalue weighted by Crippen LogP contribution is 2.30. The number of hydrogen-bond acceptors (Lipinski definition) is 4. The summed E-state index contributed by atoms with van der Waals surface area (Å²) < 4.78 is 1.60. The lowest BCUT2D eigenvalue weighted by Gasteiger charge is -2.33. The molecule has 0 spiro atoms. The second kappa shape index (κ2) is 12.4. The Kier molecular flexibility index (Phi) is 9.50. The second-order valence-electron chi connectivity index (χ2n) is 10.0. The van der Waals surface area contributed by atoms with Crippen molar-refractivity contribution in [2.45, 2.75) is 67.9 Å². The summed E-state index contributed by atoms with van der Waals surface area (Å²) in [6.45, 7) is 16.0. The highest BCUT2D eigenvalue weighted by molar-refractivity contribution is 6.29. The van der Waals surface area contributed by atoms with Crippen LogP contribution < -0.4 is 5.56 Å². The number of aryl methyl sites for hydroxylation is 1. The van der Waals surface area contributed by atoms with Crippen LogP contribution in [-0.2, 0) is 20.0 Å². The van der Waals surface area contributed by atoms with E-state index in [1.807, 2.05) is 32.2 Å². The van der Waals surface area contributed by atoms with Gasteiger partial charge in [0.15, 0.2) is 0 Å². The summed E-state index contributed by atoms with van der Waals surface area (Å²) in [5.41, 5.74) is 9.90. The van der Waals surface area contributed by atoms with Crippen molar-refractivity contribution in [2.75, 3.05) is 6.54 Å². The highest BCUT2D eigenvalue weighted by Gasteiger charge is 2.21. The summed E-state index contributed by atoms with van der Waals surface area (Å²) in [6, 6.07) is 3.84. The Bertz CT molecular complexity index is 1380. The second-order valence-corrected chi connectivity index (χ2v) is 10.6. The number of rotatable bonds is 7. The van der Waals surface area contributed by atoms with Gasteiger partial charge in [0.2, 0.25) is 0 Å². The molecular weight excluding hydrogens is 480 g/mol. The Morgan fingerprint density at radius 1 is 1.14 bits per heavy atom. The van der Waals surface area contributed by atoms with Gasteiger partial charge in [0.05, 0.1) is 0 Å². The number of pyridine rings is 1. The van der Waals surface area contributed by atoms with Gasteiger partial charge in [-0.1, -0.05) is 36.2 Å². The first-order chi connectivity index (χ1) is 17.5. The molecule has 1 aliphatic heterocycles. The van der Waals surface area contributed by atoms with E-state index in [-0.39, 0.29) is 5.56 Å². The van der Waals surface area contributed by atoms with Crippen LogP contribution >= 0.6 is 11.6 Å². The van der Waals surface area contributed by atoms with E-state index in [0.29, 0.717) is 5.82 Å². The van der Waals surface area contributed by atoms with Crippen molar-refractivity contribution in [3.05, 3.63) is 103 Å². The van der Waals surface area contributed by atoms with E-state index in [9.17, 15) is 4.79 Å². The predicted octanol–water partition coefficient (Wildman–Crippen LogP) is 7.12. The number of aromatic nitrogens is 3. The minimum absolute atomic E-state index is 0.0483. The predicted molar refractivity (Wildman–Crippen MR) is 156 cm³/mol. The van der Waals surface area contributed by atoms with Crippen LogP contribution in [0.5, 0.6) is 0 Å². The Labute approximate surface area is 226 Å². The Hall–Kier alpha value is -3.18. The monoisotopic (exact) mass is 518 g/mol. The van der Waals surface area contributed by atoms with E-state index in [2.05, 4.69) is 62.7 Å². The molecule has 3 rings (SSSR count). The van der Waals surface area contributed by atoms with Gasteiger partial charge in [-0.05, 0) is 88.5 Å². The van der Waals surface area contributed by atoms with Gasteiger partial charge in [-0.15, -0.1) is 0 Å². The fourth-order valence-electron chi connectivity index (χ4n) is 4.67. The van der Waals surface area contributed by atoms with Crippen LogP contribution in [0.4, 0.5) is 0 Å². The molecule has 5 nitrogen and oxygen atoms in total. The number of halogens is 1. The molecule has 3 heterocycles. The van der Waals surface area contributed by atoms with E-state index in [1.165, 1.54) is 16.8 Å². The molecule has 0 radical (unpaired) electrons. The normalized spacial score (nSPS) is 15.4. The van der Waals surface area contributed by atoms with Crippen molar-refractivity contribution in [1.29, 1.82) is 0 Å². The van der Waals surface area contributed by atoms with Gasteiger partial charge in [0.1, 0.15) is 5.82 Å². The minimum atomic E-state index is -0.0483. The molecular formula is C31H39ClN4O. The van der Waals surface area contributed by atoms with E-state index >= 15 is 0 Å². The van der Waals surface area contributed by atoms with Gasteiger partial charge >= 0.3 is 0 Å². The number of hydrogen-bond donors (Lipinski definition) is 0. The van der Waals surface area contributed by atoms with Crippen LogP contribution in [0, 0.1) is 6.92 Å². The van der Waals surface area contributed by atoms with Crippen LogP contribution in [0.3, 0.4) is 0 Å². The third-order valence-corrected chi connectivity index (χ3v) is 6.52. The molecule has 0 fully saturated rings. The smallest absolute Gasteiger partial charge is 0.253 e. The van der Waals surface area contributed by atoms with Crippen LogP contribution in [0.15, 0.2) is 68.8 Å². The summed E-state index contributed by atoms with van der Waals surface area (Å²) >= 11 is 6.20. The standard InChI is InChI=1S/C31H39ClN4O/c1-9-10-29(22(5)15-30-34-24(7)16-31(37)35(30)8)36-12-11-28-26(19-36)17-25(18-33-28)27(13-20(2)3)21(4)14-23(6)32/h10,13-18H,9,11-12,19H2,1-8H3/b22-15-,23-14+,27-21+,29-10-. The van der Waals surface area contributed by atoms with Gasteiger partial charge in [-0.2, -0.15) is 0 Å². The molecule has 0 bridgehead atoms. The Morgan fingerprint density at radius 2 is 1.86 bits per heavy atom. The van der Waals surface area contributed by atoms with Crippen LogP contribution in [0.1, 0.15) is 76.3 Å². The van der Waals surface area contributed by atoms with Crippen molar-refractivity contribution in [3.8, 4) is 0 Å². The third-order valence-electron chi connectivity index (χ3n) is 6.41. The van der Waals surface area contributed by atoms with Crippen molar-refractivity contribution < 1.29 is 0 Å². The van der Waals surface area contributed by atoms with Crippen LogP contribution in [0.2, 0.25) is 0 Å². The molecule has 0 atom stereocenters. The molecule has 1 aliphatic rings. The van der Waals surface area contributed by atoms with Gasteiger partial charge < -0.3 is 4.90 Å². The largest absolute Gasteiger partial charge is 0.367 e. The molecule has 0 amide bonds. The third kappa shape index (κ3) is 7.20. The zero-order valence-corrected chi connectivity index (χ0v) is 24.2. The van der Waals surface area contributed by atoms with Crippen molar-refractivity contribution in [1.82, 2.24) is 19.4 Å². The average Bonchev–Trinajstić information content (AvgIpc) is 2.82. The summed E-state index contributed by atoms with van der Waals surface area (Å²) in [4.78, 5) is 24.2. The first-order valence-corrected chi connectivity index (χ1v) is 13.2. The zero-order chi connectivity index (χ0) is 27.3. The molecule has 0 unspecified atom stereocenters.